The van der Waals surface area contributed by atoms with Crippen LogP contribution in [0, 0.1) is 0 Å². The first-order chi connectivity index (χ1) is 16.3. The number of aliphatic imine (C=N–C) groups is 2. The Balaban J connectivity index is 1.26. The van der Waals surface area contributed by atoms with Gasteiger partial charge in [0.05, 0.1) is 12.5 Å². The summed E-state index contributed by atoms with van der Waals surface area (Å²) in [5.74, 6) is 2.56. The van der Waals surface area contributed by atoms with Crippen LogP contribution in [-0.4, -0.2) is 11.8 Å². The molecule has 0 bridgehead atoms. The summed E-state index contributed by atoms with van der Waals surface area (Å²) in [6, 6.07) is 15.8. The molecule has 0 saturated carbocycles. The van der Waals surface area contributed by atoms with Gasteiger partial charge in [-0.2, -0.15) is 0 Å². The van der Waals surface area contributed by atoms with E-state index in [2.05, 4.69) is 9.98 Å². The maximum atomic E-state index is 6.22. The van der Waals surface area contributed by atoms with Gasteiger partial charge in [-0.05, 0) is 48.6 Å². The predicted octanol–water partition coefficient (Wildman–Crippen LogP) is 5.71. The van der Waals surface area contributed by atoms with E-state index in [-0.39, 0.29) is 0 Å². The van der Waals surface area contributed by atoms with E-state index in [4.69, 9.17) is 14.2 Å². The van der Waals surface area contributed by atoms with Crippen molar-refractivity contribution in [3.63, 3.8) is 0 Å². The topological polar surface area (TPSA) is 58.9 Å². The zero-order valence-electron chi connectivity index (χ0n) is 17.4. The number of hydrogen-bond acceptors (Lipinski definition) is 7. The van der Waals surface area contributed by atoms with Gasteiger partial charge < -0.3 is 24.0 Å². The first-order valence-electron chi connectivity index (χ1n) is 10.4. The summed E-state index contributed by atoms with van der Waals surface area (Å²) >= 11 is 0. The minimum Gasteiger partial charge on any atom is -0.457 e. The van der Waals surface area contributed by atoms with Gasteiger partial charge in [0.2, 0.25) is 11.8 Å². The predicted molar refractivity (Wildman–Crippen MR) is 128 cm³/mol. The minimum absolute atomic E-state index is 0.562. The molecule has 4 heterocycles. The second-order valence-corrected chi connectivity index (χ2v) is 7.30. The molecule has 7 nitrogen and oxygen atoms in total. The van der Waals surface area contributed by atoms with E-state index in [0.29, 0.717) is 11.8 Å². The summed E-state index contributed by atoms with van der Waals surface area (Å²) in [6.07, 6.45) is 18.1. The van der Waals surface area contributed by atoms with Crippen molar-refractivity contribution in [1.82, 2.24) is 0 Å². The average molecular weight is 434 g/mol. The molecular weight excluding hydrogens is 416 g/mol. The summed E-state index contributed by atoms with van der Waals surface area (Å²) < 4.78 is 17.2. The van der Waals surface area contributed by atoms with Crippen LogP contribution in [-0.2, 0) is 9.47 Å². The molecule has 33 heavy (non-hydrogen) atoms. The van der Waals surface area contributed by atoms with Crippen LogP contribution in [0.25, 0.3) is 0 Å². The molecule has 2 aromatic carbocycles. The van der Waals surface area contributed by atoms with Gasteiger partial charge >= 0.3 is 0 Å². The van der Waals surface area contributed by atoms with Crippen LogP contribution in [0.2, 0.25) is 0 Å². The van der Waals surface area contributed by atoms with Crippen LogP contribution in [0.3, 0.4) is 0 Å². The normalized spacial score (nSPS) is 17.7. The molecule has 2 aromatic rings. The molecule has 0 aromatic heterocycles. The van der Waals surface area contributed by atoms with Gasteiger partial charge in [0, 0.05) is 48.3 Å². The molecule has 4 aliphatic heterocycles. The lowest BCUT2D eigenvalue weighted by molar-refractivity contribution is 0.466. The molecule has 160 valence electrons. The second kappa shape index (κ2) is 8.05. The number of fused-ring (bicyclic) bond motifs is 2. The van der Waals surface area contributed by atoms with Crippen LogP contribution < -0.4 is 14.5 Å². The number of rotatable bonds is 4. The summed E-state index contributed by atoms with van der Waals surface area (Å²) in [4.78, 5) is 12.6. The van der Waals surface area contributed by atoms with Gasteiger partial charge in [0.25, 0.3) is 0 Å². The molecule has 7 heteroatoms. The zero-order chi connectivity index (χ0) is 22.0. The van der Waals surface area contributed by atoms with E-state index >= 15 is 0 Å². The summed E-state index contributed by atoms with van der Waals surface area (Å²) in [6.45, 7) is 0. The highest BCUT2D eigenvalue weighted by molar-refractivity contribution is 6.01. The van der Waals surface area contributed by atoms with Gasteiger partial charge in [-0.25, -0.2) is 9.98 Å². The summed E-state index contributed by atoms with van der Waals surface area (Å²) in [5.41, 5.74) is 3.61. The molecule has 0 radical (unpaired) electrons. The molecule has 0 saturated heterocycles. The first-order valence-corrected chi connectivity index (χ1v) is 10.4. The number of benzene rings is 2. The van der Waals surface area contributed by atoms with Gasteiger partial charge in [-0.3, -0.25) is 0 Å². The third-order valence-electron chi connectivity index (χ3n) is 5.22. The highest BCUT2D eigenvalue weighted by Crippen LogP contribution is 2.33. The Morgan fingerprint density at radius 1 is 0.667 bits per heavy atom. The Hall–Kier alpha value is -4.78. The SMILES string of the molecule is C1=COC2=NC=CN(c3cccc(Oc4cccc(N5C=CN=C6OC=CC=C65)c4)c3)C2=C1. The van der Waals surface area contributed by atoms with Crippen LogP contribution in [0.5, 0.6) is 11.5 Å². The zero-order valence-corrected chi connectivity index (χ0v) is 17.4. The van der Waals surface area contributed by atoms with E-state index < -0.39 is 0 Å². The summed E-state index contributed by atoms with van der Waals surface area (Å²) in [7, 11) is 0. The Kier molecular flexibility index (Phi) is 4.62. The Morgan fingerprint density at radius 3 is 1.70 bits per heavy atom. The number of ether oxygens (including phenoxy) is 3. The molecule has 0 unspecified atom stereocenters. The number of hydrogen-bond donors (Lipinski definition) is 0. The first kappa shape index (κ1) is 18.9. The lowest BCUT2D eigenvalue weighted by atomic mass is 10.2. The number of nitrogens with zero attached hydrogens (tertiary/aromatic N) is 4. The molecule has 0 N–H and O–H groups in total. The monoisotopic (exact) mass is 434 g/mol. The molecule has 0 atom stereocenters. The summed E-state index contributed by atoms with van der Waals surface area (Å²) in [5, 5.41) is 0. The fourth-order valence-corrected chi connectivity index (χ4v) is 3.77. The third-order valence-corrected chi connectivity index (χ3v) is 5.22. The van der Waals surface area contributed by atoms with Crippen LogP contribution in [0.4, 0.5) is 11.4 Å². The van der Waals surface area contributed by atoms with Gasteiger partial charge in [0.1, 0.15) is 22.9 Å². The van der Waals surface area contributed by atoms with Gasteiger partial charge in [-0.15, -0.1) is 0 Å². The second-order valence-electron chi connectivity index (χ2n) is 7.30. The lowest BCUT2D eigenvalue weighted by Gasteiger charge is -2.28. The van der Waals surface area contributed by atoms with Crippen molar-refractivity contribution in [2.75, 3.05) is 9.80 Å². The molecule has 4 aliphatic rings. The van der Waals surface area contributed by atoms with E-state index in [1.54, 1.807) is 24.9 Å². The van der Waals surface area contributed by atoms with Crippen LogP contribution in [0.15, 0.2) is 132 Å². The number of allylic oxidation sites excluding steroid dienone is 4. The van der Waals surface area contributed by atoms with Crippen LogP contribution >= 0.6 is 0 Å². The van der Waals surface area contributed by atoms with E-state index in [0.717, 1.165) is 34.3 Å². The Bertz CT molecular complexity index is 1260. The smallest absolute Gasteiger partial charge is 0.243 e. The molecule has 6 rings (SSSR count). The van der Waals surface area contributed by atoms with Crippen molar-refractivity contribution in [1.29, 1.82) is 0 Å². The van der Waals surface area contributed by atoms with Gasteiger partial charge in [0.15, 0.2) is 0 Å². The van der Waals surface area contributed by atoms with Crippen LogP contribution in [0.1, 0.15) is 0 Å². The fourth-order valence-electron chi connectivity index (χ4n) is 3.77. The molecular formula is C26H18N4O3. The quantitative estimate of drug-likeness (QED) is 0.617. The molecule has 0 fully saturated rings. The van der Waals surface area contributed by atoms with Crippen molar-refractivity contribution in [2.24, 2.45) is 9.98 Å². The minimum atomic E-state index is 0.562. The van der Waals surface area contributed by atoms with Gasteiger partial charge in [-0.1, -0.05) is 12.1 Å². The number of anilines is 2. The highest BCUT2D eigenvalue weighted by Gasteiger charge is 2.22. The van der Waals surface area contributed by atoms with Crippen molar-refractivity contribution in [3.8, 4) is 11.5 Å². The third kappa shape index (κ3) is 3.61. The van der Waals surface area contributed by atoms with E-state index in [1.807, 2.05) is 95.0 Å². The van der Waals surface area contributed by atoms with E-state index in [1.165, 1.54) is 0 Å². The van der Waals surface area contributed by atoms with Crippen molar-refractivity contribution in [2.45, 2.75) is 0 Å². The average Bonchev–Trinajstić information content (AvgIpc) is 2.88. The Morgan fingerprint density at radius 2 is 1.18 bits per heavy atom. The van der Waals surface area contributed by atoms with Crippen molar-refractivity contribution < 1.29 is 14.2 Å². The molecule has 0 aliphatic carbocycles. The fraction of sp³-hybridized carbons (Fsp3) is 0. The lowest BCUT2D eigenvalue weighted by Crippen LogP contribution is -2.26. The standard InChI is InChI=1S/C26H18N4O3/c1-5-19(29-13-11-27-25-23(29)9-3-15-31-25)17-21(7-1)33-22-8-2-6-20(18-22)30-14-12-28-26-24(30)10-4-16-32-26/h1-18H. The largest absolute Gasteiger partial charge is 0.457 e. The van der Waals surface area contributed by atoms with Crippen molar-refractivity contribution in [3.05, 3.63) is 122 Å². The maximum absolute atomic E-state index is 6.22. The van der Waals surface area contributed by atoms with E-state index in [9.17, 15) is 0 Å². The maximum Gasteiger partial charge on any atom is 0.243 e. The molecule has 0 spiro atoms. The Labute approximate surface area is 190 Å². The highest BCUT2D eigenvalue weighted by atomic mass is 16.5. The van der Waals surface area contributed by atoms with Crippen molar-refractivity contribution >= 4 is 23.2 Å². The molecule has 0 amide bonds.